The number of hydrogen-bond acceptors (Lipinski definition) is 3. The highest BCUT2D eigenvalue weighted by Crippen LogP contribution is 2.33. The van der Waals surface area contributed by atoms with Crippen LogP contribution in [0.1, 0.15) is 18.6 Å². The molecule has 0 amide bonds. The zero-order valence-corrected chi connectivity index (χ0v) is 12.9. The molecule has 2 rings (SSSR count). The summed E-state index contributed by atoms with van der Waals surface area (Å²) < 4.78 is 6.88. The molecule has 5 heteroatoms. The van der Waals surface area contributed by atoms with Crippen molar-refractivity contribution in [2.24, 2.45) is 5.73 Å². The van der Waals surface area contributed by atoms with Gasteiger partial charge in [-0.1, -0.05) is 27.5 Å². The predicted molar refractivity (Wildman–Crippen MR) is 80.5 cm³/mol. The Balaban J connectivity index is 2.27. The highest BCUT2D eigenvalue weighted by molar-refractivity contribution is 9.10. The molecule has 1 aromatic carbocycles. The average molecular weight is 347 g/mol. The van der Waals surface area contributed by atoms with Gasteiger partial charge in [-0.2, -0.15) is 11.3 Å². The molecule has 0 saturated carbocycles. The average Bonchev–Trinajstić information content (AvgIpc) is 2.83. The molecule has 0 aliphatic heterocycles. The molecular weight excluding hydrogens is 334 g/mol. The van der Waals surface area contributed by atoms with Crippen LogP contribution in [0, 0.1) is 0 Å². The van der Waals surface area contributed by atoms with E-state index in [1.165, 1.54) is 0 Å². The number of nitrogens with two attached hydrogens (primary N) is 1. The van der Waals surface area contributed by atoms with Gasteiger partial charge < -0.3 is 10.5 Å². The predicted octanol–water partition coefficient (Wildman–Crippen LogP) is 4.63. The third kappa shape index (κ3) is 3.26. The third-order valence-corrected chi connectivity index (χ3v) is 4.00. The monoisotopic (exact) mass is 345 g/mol. The van der Waals surface area contributed by atoms with E-state index >= 15 is 0 Å². The van der Waals surface area contributed by atoms with Gasteiger partial charge in [0.1, 0.15) is 11.9 Å². The quantitative estimate of drug-likeness (QED) is 0.876. The lowest BCUT2D eigenvalue weighted by Crippen LogP contribution is -2.28. The van der Waals surface area contributed by atoms with E-state index in [9.17, 15) is 0 Å². The second kappa shape index (κ2) is 6.06. The van der Waals surface area contributed by atoms with E-state index in [1.54, 1.807) is 17.4 Å². The van der Waals surface area contributed by atoms with Crippen LogP contribution < -0.4 is 10.5 Å². The number of ether oxygens (including phenoxy) is 1. The van der Waals surface area contributed by atoms with Crippen LogP contribution in [0.4, 0.5) is 0 Å². The SMILES string of the molecule is CC(N)C(Oc1cc(Br)ccc1Cl)c1ccsc1. The molecule has 2 nitrogen and oxygen atoms in total. The maximum absolute atomic E-state index is 6.12. The van der Waals surface area contributed by atoms with Crippen molar-refractivity contribution in [3.63, 3.8) is 0 Å². The van der Waals surface area contributed by atoms with Gasteiger partial charge in [0, 0.05) is 16.1 Å². The molecule has 0 aliphatic carbocycles. The topological polar surface area (TPSA) is 35.2 Å². The van der Waals surface area contributed by atoms with Crippen molar-refractivity contribution >= 4 is 38.9 Å². The number of benzene rings is 1. The summed E-state index contributed by atoms with van der Waals surface area (Å²) in [5.41, 5.74) is 7.06. The van der Waals surface area contributed by atoms with Gasteiger partial charge in [-0.25, -0.2) is 0 Å². The lowest BCUT2D eigenvalue weighted by atomic mass is 10.1. The molecule has 1 aromatic heterocycles. The number of rotatable bonds is 4. The molecule has 96 valence electrons. The molecule has 2 N–H and O–H groups in total. The fraction of sp³-hybridized carbons (Fsp3) is 0.231. The van der Waals surface area contributed by atoms with Gasteiger partial charge in [0.05, 0.1) is 5.02 Å². The van der Waals surface area contributed by atoms with Crippen LogP contribution >= 0.6 is 38.9 Å². The maximum Gasteiger partial charge on any atom is 0.140 e. The van der Waals surface area contributed by atoms with E-state index in [0.29, 0.717) is 10.8 Å². The van der Waals surface area contributed by atoms with Crippen molar-refractivity contribution in [3.8, 4) is 5.75 Å². The van der Waals surface area contributed by atoms with Crippen LogP contribution in [-0.4, -0.2) is 6.04 Å². The summed E-state index contributed by atoms with van der Waals surface area (Å²) in [5.74, 6) is 0.638. The van der Waals surface area contributed by atoms with Crippen LogP contribution in [0.3, 0.4) is 0 Å². The Hall–Kier alpha value is -0.550. The van der Waals surface area contributed by atoms with Gasteiger partial charge in [-0.05, 0) is 41.9 Å². The van der Waals surface area contributed by atoms with Crippen LogP contribution in [0.25, 0.3) is 0 Å². The van der Waals surface area contributed by atoms with Crippen LogP contribution in [0.2, 0.25) is 5.02 Å². The number of hydrogen-bond donors (Lipinski definition) is 1. The minimum Gasteiger partial charge on any atom is -0.482 e. The van der Waals surface area contributed by atoms with Gasteiger partial charge in [0.25, 0.3) is 0 Å². The smallest absolute Gasteiger partial charge is 0.140 e. The zero-order chi connectivity index (χ0) is 13.1. The first-order valence-electron chi connectivity index (χ1n) is 5.47. The first-order chi connectivity index (χ1) is 8.58. The molecule has 1 heterocycles. The minimum atomic E-state index is -0.192. The van der Waals surface area contributed by atoms with Gasteiger partial charge >= 0.3 is 0 Å². The van der Waals surface area contributed by atoms with Crippen LogP contribution in [0.15, 0.2) is 39.5 Å². The molecule has 0 saturated heterocycles. The minimum absolute atomic E-state index is 0.116. The Bertz CT molecular complexity index is 516. The van der Waals surface area contributed by atoms with Gasteiger partial charge in [-0.15, -0.1) is 0 Å². The number of thiophene rings is 1. The fourth-order valence-corrected chi connectivity index (χ4v) is 2.81. The Kier molecular flexibility index (Phi) is 4.67. The standard InChI is InChI=1S/C13H13BrClNOS/c1-8(16)13(9-4-5-18-7-9)17-12-6-10(14)2-3-11(12)15/h2-8,13H,16H2,1H3. The molecule has 0 spiro atoms. The second-order valence-corrected chi connectivity index (χ2v) is 6.13. The van der Waals surface area contributed by atoms with E-state index < -0.39 is 0 Å². The van der Waals surface area contributed by atoms with E-state index in [0.717, 1.165) is 10.0 Å². The summed E-state index contributed by atoms with van der Waals surface area (Å²) in [7, 11) is 0. The summed E-state index contributed by atoms with van der Waals surface area (Å²) in [4.78, 5) is 0. The molecule has 0 bridgehead atoms. The largest absolute Gasteiger partial charge is 0.482 e. The van der Waals surface area contributed by atoms with E-state index in [4.69, 9.17) is 22.1 Å². The van der Waals surface area contributed by atoms with E-state index in [1.807, 2.05) is 35.9 Å². The normalized spacial score (nSPS) is 14.2. The summed E-state index contributed by atoms with van der Waals surface area (Å²) >= 11 is 11.2. The van der Waals surface area contributed by atoms with Crippen molar-refractivity contribution in [3.05, 3.63) is 50.1 Å². The fourth-order valence-electron chi connectivity index (χ4n) is 1.62. The Morgan fingerprint density at radius 3 is 2.78 bits per heavy atom. The zero-order valence-electron chi connectivity index (χ0n) is 9.77. The van der Waals surface area contributed by atoms with Gasteiger partial charge in [0.15, 0.2) is 0 Å². The van der Waals surface area contributed by atoms with Crippen molar-refractivity contribution in [1.82, 2.24) is 0 Å². The third-order valence-electron chi connectivity index (χ3n) is 2.50. The van der Waals surface area contributed by atoms with Gasteiger partial charge in [-0.3, -0.25) is 0 Å². The highest BCUT2D eigenvalue weighted by atomic mass is 79.9. The Morgan fingerprint density at radius 1 is 1.39 bits per heavy atom. The molecule has 0 aliphatic rings. The Labute approximate surface area is 124 Å². The molecule has 2 aromatic rings. The van der Waals surface area contributed by atoms with Crippen LogP contribution in [-0.2, 0) is 0 Å². The van der Waals surface area contributed by atoms with Gasteiger partial charge in [0.2, 0.25) is 0 Å². The summed E-state index contributed by atoms with van der Waals surface area (Å²) in [6.45, 7) is 1.92. The van der Waals surface area contributed by atoms with Crippen LogP contribution in [0.5, 0.6) is 5.75 Å². The highest BCUT2D eigenvalue weighted by Gasteiger charge is 2.19. The molecule has 18 heavy (non-hydrogen) atoms. The van der Waals surface area contributed by atoms with E-state index in [2.05, 4.69) is 15.9 Å². The first kappa shape index (κ1) is 13.9. The summed E-state index contributed by atoms with van der Waals surface area (Å²) in [6.07, 6.45) is -0.192. The lowest BCUT2D eigenvalue weighted by Gasteiger charge is -2.22. The van der Waals surface area contributed by atoms with Crippen molar-refractivity contribution < 1.29 is 4.74 Å². The second-order valence-electron chi connectivity index (χ2n) is 4.03. The van der Waals surface area contributed by atoms with Crippen molar-refractivity contribution in [1.29, 1.82) is 0 Å². The maximum atomic E-state index is 6.12. The number of halogens is 2. The van der Waals surface area contributed by atoms with Crippen molar-refractivity contribution in [2.45, 2.75) is 19.1 Å². The van der Waals surface area contributed by atoms with E-state index in [-0.39, 0.29) is 12.1 Å². The molecule has 2 unspecified atom stereocenters. The summed E-state index contributed by atoms with van der Waals surface area (Å²) in [5, 5.41) is 4.63. The summed E-state index contributed by atoms with van der Waals surface area (Å²) in [6, 6.07) is 7.43. The lowest BCUT2D eigenvalue weighted by molar-refractivity contribution is 0.181. The molecule has 2 atom stereocenters. The molecule has 0 radical (unpaired) electrons. The van der Waals surface area contributed by atoms with Crippen molar-refractivity contribution in [2.75, 3.05) is 0 Å². The molecule has 0 fully saturated rings. The molecular formula is C13H13BrClNOS. The first-order valence-corrected chi connectivity index (χ1v) is 7.58. The Morgan fingerprint density at radius 2 is 2.17 bits per heavy atom.